The number of hydrogen-bond donors (Lipinski definition) is 2. The molecule has 2 aromatic rings. The standard InChI is InChI=1S/C12H12F2N2O2/c13-8-1-2-10(11(14)5-8)12(17)7-15-6-9-3-4-16-18-9/h1-5,12,15,17H,6-7H2. The Morgan fingerprint density at radius 1 is 1.33 bits per heavy atom. The van der Waals surface area contributed by atoms with Gasteiger partial charge in [0.1, 0.15) is 17.4 Å². The topological polar surface area (TPSA) is 58.3 Å². The molecule has 0 aliphatic rings. The summed E-state index contributed by atoms with van der Waals surface area (Å²) in [7, 11) is 0. The highest BCUT2D eigenvalue weighted by atomic mass is 19.1. The first-order valence-corrected chi connectivity index (χ1v) is 5.40. The molecule has 2 rings (SSSR count). The summed E-state index contributed by atoms with van der Waals surface area (Å²) in [5.41, 5.74) is 0.0569. The second-order valence-corrected chi connectivity index (χ2v) is 3.79. The highest BCUT2D eigenvalue weighted by Gasteiger charge is 2.13. The van der Waals surface area contributed by atoms with Gasteiger partial charge in [-0.05, 0) is 6.07 Å². The third-order valence-corrected chi connectivity index (χ3v) is 2.45. The maximum atomic E-state index is 13.3. The number of nitrogens with one attached hydrogen (secondary N) is 1. The molecule has 1 heterocycles. The summed E-state index contributed by atoms with van der Waals surface area (Å²) in [4.78, 5) is 0. The Balaban J connectivity index is 1.89. The number of rotatable bonds is 5. The molecule has 0 saturated heterocycles. The summed E-state index contributed by atoms with van der Waals surface area (Å²) < 4.78 is 30.9. The van der Waals surface area contributed by atoms with E-state index in [9.17, 15) is 13.9 Å². The molecule has 2 N–H and O–H groups in total. The molecule has 0 amide bonds. The first-order valence-electron chi connectivity index (χ1n) is 5.40. The Kier molecular flexibility index (Phi) is 4.01. The van der Waals surface area contributed by atoms with Crippen LogP contribution in [0.5, 0.6) is 0 Å². The minimum Gasteiger partial charge on any atom is -0.387 e. The lowest BCUT2D eigenvalue weighted by molar-refractivity contribution is 0.168. The second kappa shape index (κ2) is 5.70. The van der Waals surface area contributed by atoms with Crippen molar-refractivity contribution in [2.45, 2.75) is 12.6 Å². The number of halogens is 2. The van der Waals surface area contributed by atoms with Gasteiger partial charge in [-0.15, -0.1) is 0 Å². The zero-order valence-electron chi connectivity index (χ0n) is 9.44. The lowest BCUT2D eigenvalue weighted by Gasteiger charge is -2.12. The van der Waals surface area contributed by atoms with Gasteiger partial charge >= 0.3 is 0 Å². The summed E-state index contributed by atoms with van der Waals surface area (Å²) >= 11 is 0. The monoisotopic (exact) mass is 254 g/mol. The molecule has 0 aliphatic heterocycles. The van der Waals surface area contributed by atoms with Crippen LogP contribution in [0.2, 0.25) is 0 Å². The summed E-state index contributed by atoms with van der Waals surface area (Å²) in [5, 5.41) is 16.2. The smallest absolute Gasteiger partial charge is 0.150 e. The Morgan fingerprint density at radius 3 is 2.83 bits per heavy atom. The summed E-state index contributed by atoms with van der Waals surface area (Å²) in [6.07, 6.45) is 0.459. The summed E-state index contributed by atoms with van der Waals surface area (Å²) in [6, 6.07) is 4.76. The van der Waals surface area contributed by atoms with Gasteiger partial charge in [0.15, 0.2) is 0 Å². The fourth-order valence-corrected chi connectivity index (χ4v) is 1.55. The largest absolute Gasteiger partial charge is 0.387 e. The average molecular weight is 254 g/mol. The second-order valence-electron chi connectivity index (χ2n) is 3.79. The van der Waals surface area contributed by atoms with Crippen molar-refractivity contribution in [1.82, 2.24) is 10.5 Å². The van der Waals surface area contributed by atoms with Gasteiger partial charge in [-0.25, -0.2) is 8.78 Å². The first-order chi connectivity index (χ1) is 8.66. The van der Waals surface area contributed by atoms with Crippen molar-refractivity contribution >= 4 is 0 Å². The number of aromatic nitrogens is 1. The SMILES string of the molecule is OC(CNCc1ccno1)c1ccc(F)cc1F. The summed E-state index contributed by atoms with van der Waals surface area (Å²) in [6.45, 7) is 0.503. The maximum absolute atomic E-state index is 13.3. The van der Waals surface area contributed by atoms with E-state index in [1.54, 1.807) is 6.07 Å². The maximum Gasteiger partial charge on any atom is 0.150 e. The van der Waals surface area contributed by atoms with Crippen molar-refractivity contribution in [3.05, 3.63) is 53.4 Å². The molecular formula is C12H12F2N2O2. The molecule has 0 aliphatic carbocycles. The van der Waals surface area contributed by atoms with Gasteiger partial charge in [-0.2, -0.15) is 0 Å². The fourth-order valence-electron chi connectivity index (χ4n) is 1.55. The highest BCUT2D eigenvalue weighted by molar-refractivity contribution is 5.21. The Labute approximate surface area is 102 Å². The molecule has 96 valence electrons. The van der Waals surface area contributed by atoms with Crippen LogP contribution in [0, 0.1) is 11.6 Å². The minimum atomic E-state index is -1.05. The van der Waals surface area contributed by atoms with Crippen molar-refractivity contribution in [2.75, 3.05) is 6.54 Å². The van der Waals surface area contributed by atoms with Crippen LogP contribution in [0.4, 0.5) is 8.78 Å². The average Bonchev–Trinajstić information content (AvgIpc) is 2.81. The Morgan fingerprint density at radius 2 is 2.17 bits per heavy atom. The molecule has 1 unspecified atom stereocenters. The predicted octanol–water partition coefficient (Wildman–Crippen LogP) is 1.78. The lowest BCUT2D eigenvalue weighted by Crippen LogP contribution is -2.21. The molecule has 1 aromatic heterocycles. The van der Waals surface area contributed by atoms with E-state index in [1.807, 2.05) is 0 Å². The molecule has 0 spiro atoms. The number of aliphatic hydroxyl groups excluding tert-OH is 1. The van der Waals surface area contributed by atoms with E-state index in [0.717, 1.165) is 12.1 Å². The first kappa shape index (κ1) is 12.7. The number of benzene rings is 1. The van der Waals surface area contributed by atoms with Gasteiger partial charge in [0.2, 0.25) is 0 Å². The van der Waals surface area contributed by atoms with E-state index in [-0.39, 0.29) is 12.1 Å². The molecule has 0 fully saturated rings. The minimum absolute atomic E-state index is 0.0569. The van der Waals surface area contributed by atoms with E-state index < -0.39 is 17.7 Å². The Bertz CT molecular complexity index is 503. The molecular weight excluding hydrogens is 242 g/mol. The van der Waals surface area contributed by atoms with E-state index >= 15 is 0 Å². The number of aliphatic hydroxyl groups is 1. The van der Waals surface area contributed by atoms with Crippen molar-refractivity contribution < 1.29 is 18.4 Å². The van der Waals surface area contributed by atoms with E-state index in [0.29, 0.717) is 12.3 Å². The molecule has 0 bridgehead atoms. The van der Waals surface area contributed by atoms with Crippen LogP contribution in [-0.4, -0.2) is 16.8 Å². The molecule has 0 radical (unpaired) electrons. The zero-order valence-corrected chi connectivity index (χ0v) is 9.44. The molecule has 1 atom stereocenters. The van der Waals surface area contributed by atoms with Crippen molar-refractivity contribution in [1.29, 1.82) is 0 Å². The van der Waals surface area contributed by atoms with Crippen LogP contribution < -0.4 is 5.32 Å². The van der Waals surface area contributed by atoms with Crippen LogP contribution in [0.25, 0.3) is 0 Å². The van der Waals surface area contributed by atoms with Gasteiger partial charge in [0, 0.05) is 24.2 Å². The Hall–Kier alpha value is -1.79. The lowest BCUT2D eigenvalue weighted by atomic mass is 10.1. The van der Waals surface area contributed by atoms with Gasteiger partial charge < -0.3 is 14.9 Å². The zero-order chi connectivity index (χ0) is 13.0. The fraction of sp³-hybridized carbons (Fsp3) is 0.250. The molecule has 4 nitrogen and oxygen atoms in total. The third kappa shape index (κ3) is 3.12. The molecule has 6 heteroatoms. The van der Waals surface area contributed by atoms with E-state index in [2.05, 4.69) is 10.5 Å². The van der Waals surface area contributed by atoms with Crippen LogP contribution in [-0.2, 0) is 6.54 Å². The summed E-state index contributed by atoms with van der Waals surface area (Å²) in [5.74, 6) is -0.816. The van der Waals surface area contributed by atoms with Gasteiger partial charge in [-0.1, -0.05) is 11.2 Å². The highest BCUT2D eigenvalue weighted by Crippen LogP contribution is 2.17. The van der Waals surface area contributed by atoms with Gasteiger partial charge in [0.05, 0.1) is 18.8 Å². The van der Waals surface area contributed by atoms with Gasteiger partial charge in [0.25, 0.3) is 0 Å². The van der Waals surface area contributed by atoms with E-state index in [1.165, 1.54) is 12.3 Å². The van der Waals surface area contributed by atoms with Crippen LogP contribution >= 0.6 is 0 Å². The quantitative estimate of drug-likeness (QED) is 0.853. The predicted molar refractivity (Wildman–Crippen MR) is 59.5 cm³/mol. The van der Waals surface area contributed by atoms with Crippen LogP contribution in [0.3, 0.4) is 0 Å². The number of nitrogens with zero attached hydrogens (tertiary/aromatic N) is 1. The number of hydrogen-bond acceptors (Lipinski definition) is 4. The molecule has 0 saturated carbocycles. The molecule has 18 heavy (non-hydrogen) atoms. The van der Waals surface area contributed by atoms with Crippen molar-refractivity contribution in [3.63, 3.8) is 0 Å². The van der Waals surface area contributed by atoms with Crippen molar-refractivity contribution in [3.8, 4) is 0 Å². The van der Waals surface area contributed by atoms with Crippen molar-refractivity contribution in [2.24, 2.45) is 0 Å². The molecule has 1 aromatic carbocycles. The third-order valence-electron chi connectivity index (χ3n) is 2.45. The normalized spacial score (nSPS) is 12.6. The van der Waals surface area contributed by atoms with Crippen LogP contribution in [0.1, 0.15) is 17.4 Å². The van der Waals surface area contributed by atoms with E-state index in [4.69, 9.17) is 4.52 Å². The van der Waals surface area contributed by atoms with Gasteiger partial charge in [-0.3, -0.25) is 0 Å². The van der Waals surface area contributed by atoms with Crippen LogP contribution in [0.15, 0.2) is 35.0 Å².